The summed E-state index contributed by atoms with van der Waals surface area (Å²) in [6, 6.07) is 5.85. The summed E-state index contributed by atoms with van der Waals surface area (Å²) in [5.41, 5.74) is 1.78. The molecule has 1 aromatic carbocycles. The summed E-state index contributed by atoms with van der Waals surface area (Å²) < 4.78 is 0. The molecule has 3 N–H and O–H groups in total. The number of hydrogen-bond acceptors (Lipinski definition) is 3. The highest BCUT2D eigenvalue weighted by atomic mass is 35.5. The number of aliphatic hydroxyl groups is 1. The Kier molecular flexibility index (Phi) is 7.76. The Morgan fingerprint density at radius 2 is 1.77 bits per heavy atom. The molecule has 168 valence electrons. The van der Waals surface area contributed by atoms with Gasteiger partial charge in [0, 0.05) is 19.1 Å². The van der Waals surface area contributed by atoms with Gasteiger partial charge in [0.15, 0.2) is 0 Å². The fourth-order valence-electron chi connectivity index (χ4n) is 6.46. The Hall–Kier alpha value is -0.810. The first kappa shape index (κ1) is 23.8. The van der Waals surface area contributed by atoms with Crippen molar-refractivity contribution < 1.29 is 9.90 Å². The molecule has 30 heavy (non-hydrogen) atoms. The van der Waals surface area contributed by atoms with Gasteiger partial charge in [-0.3, -0.25) is 4.79 Å². The van der Waals surface area contributed by atoms with E-state index in [-0.39, 0.29) is 18.3 Å². The lowest BCUT2D eigenvalue weighted by Crippen LogP contribution is -2.51. The molecule has 0 unspecified atom stereocenters. The lowest BCUT2D eigenvalue weighted by molar-refractivity contribution is -0.0503. The van der Waals surface area contributed by atoms with Crippen LogP contribution in [0.5, 0.6) is 0 Å². The van der Waals surface area contributed by atoms with Gasteiger partial charge in [0.25, 0.3) is 5.91 Å². The molecule has 4 nitrogen and oxygen atoms in total. The Labute approximate surface area is 191 Å². The van der Waals surface area contributed by atoms with E-state index in [0.717, 1.165) is 29.9 Å². The number of carbonyl (C=O) groups excluding carboxylic acids is 1. The molecule has 4 aliphatic rings. The zero-order valence-corrected chi connectivity index (χ0v) is 19.7. The molecular weight excluding hydrogens is 419 g/mol. The van der Waals surface area contributed by atoms with Gasteiger partial charge in [-0.2, -0.15) is 0 Å². The van der Waals surface area contributed by atoms with Crippen LogP contribution in [-0.2, 0) is 6.42 Å². The first-order chi connectivity index (χ1) is 13.8. The Bertz CT molecular complexity index is 717. The standard InChI is InChI=1S/C24H35ClN2O2.ClH/c1-15(2)26-13-20(28)8-16-3-4-22(25)21(9-16)23(29)27-14-24-10-17-5-18(11-24)7-19(6-17)12-24;/h3-4,9,15,17-20,26,28H,5-8,10-14H2,1-2H3,(H,27,29);1H/t17?,18?,19?,20-,24?;/m1./s1. The molecule has 1 atom stereocenters. The second kappa shape index (κ2) is 9.77. The van der Waals surface area contributed by atoms with Crippen LogP contribution in [0.3, 0.4) is 0 Å². The van der Waals surface area contributed by atoms with Crippen molar-refractivity contribution in [2.24, 2.45) is 23.2 Å². The minimum absolute atomic E-state index is 0. The zero-order chi connectivity index (χ0) is 20.6. The largest absolute Gasteiger partial charge is 0.391 e. The van der Waals surface area contributed by atoms with Crippen LogP contribution in [0, 0.1) is 23.2 Å². The number of benzene rings is 1. The van der Waals surface area contributed by atoms with Gasteiger partial charge in [0.1, 0.15) is 0 Å². The van der Waals surface area contributed by atoms with E-state index in [4.69, 9.17) is 11.6 Å². The SMILES string of the molecule is CC(C)NC[C@H](O)Cc1ccc(Cl)c(C(=O)NCC23CC4CC(CC(C4)C2)C3)c1.Cl. The van der Waals surface area contributed by atoms with Crippen LogP contribution in [0.4, 0.5) is 0 Å². The van der Waals surface area contributed by atoms with E-state index in [2.05, 4.69) is 24.5 Å². The summed E-state index contributed by atoms with van der Waals surface area (Å²) in [4.78, 5) is 12.9. The summed E-state index contributed by atoms with van der Waals surface area (Å²) in [6.07, 6.45) is 8.10. The lowest BCUT2D eigenvalue weighted by Gasteiger charge is -2.56. The molecule has 4 saturated carbocycles. The third-order valence-electron chi connectivity index (χ3n) is 7.30. The molecule has 0 radical (unpaired) electrons. The molecule has 6 heteroatoms. The van der Waals surface area contributed by atoms with Gasteiger partial charge in [-0.25, -0.2) is 0 Å². The van der Waals surface area contributed by atoms with Crippen molar-refractivity contribution in [3.63, 3.8) is 0 Å². The fourth-order valence-corrected chi connectivity index (χ4v) is 6.66. The van der Waals surface area contributed by atoms with Gasteiger partial charge in [-0.15, -0.1) is 12.4 Å². The summed E-state index contributed by atoms with van der Waals surface area (Å²) in [5, 5.41) is 17.2. The van der Waals surface area contributed by atoms with Crippen molar-refractivity contribution in [1.29, 1.82) is 0 Å². The Balaban J connectivity index is 0.00000256. The number of nitrogens with one attached hydrogen (secondary N) is 2. The first-order valence-corrected chi connectivity index (χ1v) is 11.7. The van der Waals surface area contributed by atoms with Crippen molar-refractivity contribution in [1.82, 2.24) is 10.6 Å². The molecule has 4 aliphatic carbocycles. The Morgan fingerprint density at radius 1 is 1.17 bits per heavy atom. The third-order valence-corrected chi connectivity index (χ3v) is 7.63. The van der Waals surface area contributed by atoms with E-state index in [9.17, 15) is 9.90 Å². The number of aliphatic hydroxyl groups excluding tert-OH is 1. The molecular formula is C24H36Cl2N2O2. The monoisotopic (exact) mass is 454 g/mol. The normalized spacial score (nSPS) is 30.2. The van der Waals surface area contributed by atoms with Crippen molar-refractivity contribution >= 4 is 29.9 Å². The third kappa shape index (κ3) is 5.51. The van der Waals surface area contributed by atoms with Gasteiger partial charge in [0.05, 0.1) is 16.7 Å². The zero-order valence-electron chi connectivity index (χ0n) is 18.1. The van der Waals surface area contributed by atoms with Crippen LogP contribution >= 0.6 is 24.0 Å². The number of halogens is 2. The van der Waals surface area contributed by atoms with Gasteiger partial charge in [-0.1, -0.05) is 31.5 Å². The molecule has 4 fully saturated rings. The molecule has 0 saturated heterocycles. The number of amides is 1. The van der Waals surface area contributed by atoms with E-state index in [1.165, 1.54) is 38.5 Å². The van der Waals surface area contributed by atoms with Crippen LogP contribution in [0.25, 0.3) is 0 Å². The average molecular weight is 455 g/mol. The van der Waals surface area contributed by atoms with Gasteiger partial charge >= 0.3 is 0 Å². The maximum atomic E-state index is 12.9. The number of carbonyl (C=O) groups is 1. The topological polar surface area (TPSA) is 61.4 Å². The minimum atomic E-state index is -0.485. The van der Waals surface area contributed by atoms with E-state index in [0.29, 0.717) is 35.0 Å². The van der Waals surface area contributed by atoms with Crippen molar-refractivity contribution in [3.05, 3.63) is 34.3 Å². The quantitative estimate of drug-likeness (QED) is 0.537. The van der Waals surface area contributed by atoms with Crippen molar-refractivity contribution in [2.45, 2.75) is 70.9 Å². The first-order valence-electron chi connectivity index (χ1n) is 11.3. The number of rotatable bonds is 8. The highest BCUT2D eigenvalue weighted by molar-refractivity contribution is 6.33. The van der Waals surface area contributed by atoms with Gasteiger partial charge in [0.2, 0.25) is 0 Å². The lowest BCUT2D eigenvalue weighted by atomic mass is 9.49. The smallest absolute Gasteiger partial charge is 0.252 e. The molecule has 0 aromatic heterocycles. The molecule has 4 bridgehead atoms. The molecule has 0 aliphatic heterocycles. The second-order valence-corrected chi connectivity index (χ2v) is 10.7. The summed E-state index contributed by atoms with van der Waals surface area (Å²) in [6.45, 7) is 5.42. The van der Waals surface area contributed by atoms with Crippen LogP contribution in [0.2, 0.25) is 5.02 Å². The fraction of sp³-hybridized carbons (Fsp3) is 0.708. The molecule has 1 aromatic rings. The predicted molar refractivity (Wildman–Crippen MR) is 124 cm³/mol. The summed E-state index contributed by atoms with van der Waals surface area (Å²) in [7, 11) is 0. The molecule has 1 amide bonds. The predicted octanol–water partition coefficient (Wildman–Crippen LogP) is 4.61. The molecule has 5 rings (SSSR count). The Morgan fingerprint density at radius 3 is 2.33 bits per heavy atom. The van der Waals surface area contributed by atoms with Crippen LogP contribution in [0.15, 0.2) is 18.2 Å². The maximum absolute atomic E-state index is 12.9. The average Bonchev–Trinajstić information content (AvgIpc) is 2.65. The second-order valence-electron chi connectivity index (χ2n) is 10.3. The van der Waals surface area contributed by atoms with E-state index in [1.54, 1.807) is 6.07 Å². The summed E-state index contributed by atoms with van der Waals surface area (Å²) in [5.74, 6) is 2.56. The number of hydrogen-bond donors (Lipinski definition) is 3. The summed E-state index contributed by atoms with van der Waals surface area (Å²) >= 11 is 6.35. The van der Waals surface area contributed by atoms with Crippen molar-refractivity contribution in [2.75, 3.05) is 13.1 Å². The molecule has 0 heterocycles. The van der Waals surface area contributed by atoms with E-state index in [1.807, 2.05) is 12.1 Å². The molecule has 0 spiro atoms. The van der Waals surface area contributed by atoms with Crippen LogP contribution in [0.1, 0.15) is 68.3 Å². The van der Waals surface area contributed by atoms with Gasteiger partial charge < -0.3 is 15.7 Å². The highest BCUT2D eigenvalue weighted by Crippen LogP contribution is 2.59. The van der Waals surface area contributed by atoms with Crippen LogP contribution < -0.4 is 10.6 Å². The van der Waals surface area contributed by atoms with E-state index >= 15 is 0 Å². The van der Waals surface area contributed by atoms with Crippen molar-refractivity contribution in [3.8, 4) is 0 Å². The maximum Gasteiger partial charge on any atom is 0.252 e. The highest BCUT2D eigenvalue weighted by Gasteiger charge is 2.50. The van der Waals surface area contributed by atoms with E-state index < -0.39 is 6.10 Å². The van der Waals surface area contributed by atoms with Crippen LogP contribution in [-0.4, -0.2) is 36.2 Å². The van der Waals surface area contributed by atoms with Gasteiger partial charge in [-0.05, 0) is 85.8 Å². The minimum Gasteiger partial charge on any atom is -0.391 e.